The fourth-order valence-electron chi connectivity index (χ4n) is 1.58. The van der Waals surface area contributed by atoms with Gasteiger partial charge in [0.05, 0.1) is 32.5 Å². The summed E-state index contributed by atoms with van der Waals surface area (Å²) in [6.45, 7) is 4.00. The summed E-state index contributed by atoms with van der Waals surface area (Å²) in [4.78, 5) is 0. The third-order valence-electron chi connectivity index (χ3n) is 3.21. The highest BCUT2D eigenvalue weighted by molar-refractivity contribution is 5.26. The molecule has 3 atom stereocenters. The average molecular weight is 254 g/mol. The molecule has 0 unspecified atom stereocenters. The van der Waals surface area contributed by atoms with E-state index < -0.39 is 6.10 Å². The summed E-state index contributed by atoms with van der Waals surface area (Å²) in [5.41, 5.74) is 1.05. The first-order chi connectivity index (χ1) is 8.58. The van der Waals surface area contributed by atoms with Crippen LogP contribution in [0.15, 0.2) is 24.3 Å². The summed E-state index contributed by atoms with van der Waals surface area (Å²) < 4.78 is 10.8. The minimum absolute atomic E-state index is 0.103. The summed E-state index contributed by atoms with van der Waals surface area (Å²) in [7, 11) is 1.63. The SMILES string of the molecule is COc1ccc(CO[C@H](C)[C@H](C)[C@H](O)CO)cc1. The zero-order valence-corrected chi connectivity index (χ0v) is 11.2. The normalized spacial score (nSPS) is 16.1. The number of rotatable bonds is 7. The van der Waals surface area contributed by atoms with Crippen molar-refractivity contribution < 1.29 is 19.7 Å². The van der Waals surface area contributed by atoms with Crippen molar-refractivity contribution in [3.63, 3.8) is 0 Å². The molecule has 102 valence electrons. The van der Waals surface area contributed by atoms with Crippen LogP contribution in [0.2, 0.25) is 0 Å². The smallest absolute Gasteiger partial charge is 0.118 e. The van der Waals surface area contributed by atoms with Crippen LogP contribution >= 0.6 is 0 Å². The van der Waals surface area contributed by atoms with Gasteiger partial charge in [0.25, 0.3) is 0 Å². The van der Waals surface area contributed by atoms with Gasteiger partial charge in [-0.05, 0) is 24.6 Å². The van der Waals surface area contributed by atoms with Crippen molar-refractivity contribution in [2.75, 3.05) is 13.7 Å². The molecule has 0 amide bonds. The minimum atomic E-state index is -0.740. The Morgan fingerprint density at radius 2 is 1.78 bits per heavy atom. The maximum Gasteiger partial charge on any atom is 0.118 e. The molecule has 0 aliphatic rings. The van der Waals surface area contributed by atoms with Crippen LogP contribution in [0.5, 0.6) is 5.75 Å². The molecule has 1 aromatic carbocycles. The second-order valence-corrected chi connectivity index (χ2v) is 4.47. The van der Waals surface area contributed by atoms with Gasteiger partial charge >= 0.3 is 0 Å². The maximum absolute atomic E-state index is 9.52. The van der Waals surface area contributed by atoms with Gasteiger partial charge in [-0.25, -0.2) is 0 Å². The van der Waals surface area contributed by atoms with E-state index in [9.17, 15) is 5.11 Å². The van der Waals surface area contributed by atoms with E-state index in [1.54, 1.807) is 7.11 Å². The van der Waals surface area contributed by atoms with Crippen LogP contribution in [0, 0.1) is 5.92 Å². The molecule has 0 fully saturated rings. The third kappa shape index (κ3) is 4.29. The van der Waals surface area contributed by atoms with Gasteiger partial charge in [0, 0.05) is 5.92 Å². The highest BCUT2D eigenvalue weighted by Crippen LogP contribution is 2.16. The van der Waals surface area contributed by atoms with Crippen LogP contribution in [-0.4, -0.2) is 36.1 Å². The van der Waals surface area contributed by atoms with Gasteiger partial charge in [-0.1, -0.05) is 19.1 Å². The predicted molar refractivity (Wildman–Crippen MR) is 69.5 cm³/mol. The predicted octanol–water partition coefficient (Wildman–Crippen LogP) is 1.59. The summed E-state index contributed by atoms with van der Waals surface area (Å²) in [5, 5.41) is 18.4. The molecular formula is C14H22O4. The number of aliphatic hydroxyl groups excluding tert-OH is 2. The van der Waals surface area contributed by atoms with E-state index in [4.69, 9.17) is 14.6 Å². The van der Waals surface area contributed by atoms with Gasteiger partial charge in [-0.3, -0.25) is 0 Å². The van der Waals surface area contributed by atoms with Crippen molar-refractivity contribution >= 4 is 0 Å². The first-order valence-corrected chi connectivity index (χ1v) is 6.12. The Balaban J connectivity index is 2.44. The van der Waals surface area contributed by atoms with Gasteiger partial charge in [-0.15, -0.1) is 0 Å². The summed E-state index contributed by atoms with van der Waals surface area (Å²) in [6.07, 6.45) is -0.856. The van der Waals surface area contributed by atoms with Gasteiger partial charge < -0.3 is 19.7 Å². The topological polar surface area (TPSA) is 58.9 Å². The van der Waals surface area contributed by atoms with E-state index in [0.717, 1.165) is 11.3 Å². The van der Waals surface area contributed by atoms with Crippen molar-refractivity contribution in [2.45, 2.75) is 32.7 Å². The Hall–Kier alpha value is -1.10. The number of aliphatic hydroxyl groups is 2. The highest BCUT2D eigenvalue weighted by atomic mass is 16.5. The lowest BCUT2D eigenvalue weighted by Crippen LogP contribution is -2.31. The van der Waals surface area contributed by atoms with Crippen LogP contribution < -0.4 is 4.74 Å². The molecule has 1 aromatic rings. The monoisotopic (exact) mass is 254 g/mol. The van der Waals surface area contributed by atoms with E-state index in [0.29, 0.717) is 6.61 Å². The zero-order valence-electron chi connectivity index (χ0n) is 11.2. The first kappa shape index (κ1) is 15.0. The Morgan fingerprint density at radius 1 is 1.17 bits per heavy atom. The molecule has 0 spiro atoms. The lowest BCUT2D eigenvalue weighted by atomic mass is 10.00. The van der Waals surface area contributed by atoms with E-state index >= 15 is 0 Å². The van der Waals surface area contributed by atoms with Crippen LogP contribution in [-0.2, 0) is 11.3 Å². The zero-order chi connectivity index (χ0) is 13.5. The summed E-state index contributed by atoms with van der Waals surface area (Å²) >= 11 is 0. The second kappa shape index (κ2) is 7.36. The van der Waals surface area contributed by atoms with Crippen molar-refractivity contribution in [3.8, 4) is 5.75 Å². The lowest BCUT2D eigenvalue weighted by molar-refractivity contribution is -0.0437. The molecule has 0 aromatic heterocycles. The van der Waals surface area contributed by atoms with Gasteiger partial charge in [0.1, 0.15) is 5.75 Å². The Labute approximate surface area is 108 Å². The molecule has 0 aliphatic carbocycles. The van der Waals surface area contributed by atoms with Crippen LogP contribution in [0.1, 0.15) is 19.4 Å². The molecule has 4 heteroatoms. The molecule has 1 rings (SSSR count). The number of ether oxygens (including phenoxy) is 2. The quantitative estimate of drug-likeness (QED) is 0.776. The molecule has 4 nitrogen and oxygen atoms in total. The third-order valence-corrected chi connectivity index (χ3v) is 3.21. The Morgan fingerprint density at radius 3 is 2.28 bits per heavy atom. The summed E-state index contributed by atoms with van der Waals surface area (Å²) in [6, 6.07) is 7.65. The molecule has 0 bridgehead atoms. The average Bonchev–Trinajstić information content (AvgIpc) is 2.43. The van der Waals surface area contributed by atoms with E-state index in [-0.39, 0.29) is 18.6 Å². The van der Waals surface area contributed by atoms with E-state index in [1.165, 1.54) is 0 Å². The highest BCUT2D eigenvalue weighted by Gasteiger charge is 2.20. The molecular weight excluding hydrogens is 232 g/mol. The second-order valence-electron chi connectivity index (χ2n) is 4.47. The summed E-state index contributed by atoms with van der Waals surface area (Å²) in [5.74, 6) is 0.712. The van der Waals surface area contributed by atoms with Gasteiger partial charge in [0.2, 0.25) is 0 Å². The number of benzene rings is 1. The first-order valence-electron chi connectivity index (χ1n) is 6.12. The van der Waals surface area contributed by atoms with Crippen molar-refractivity contribution in [3.05, 3.63) is 29.8 Å². The van der Waals surface area contributed by atoms with Crippen molar-refractivity contribution in [2.24, 2.45) is 5.92 Å². The van der Waals surface area contributed by atoms with E-state index in [2.05, 4.69) is 0 Å². The van der Waals surface area contributed by atoms with E-state index in [1.807, 2.05) is 38.1 Å². The molecule has 0 saturated carbocycles. The minimum Gasteiger partial charge on any atom is -0.497 e. The molecule has 18 heavy (non-hydrogen) atoms. The maximum atomic E-state index is 9.52. The fraction of sp³-hybridized carbons (Fsp3) is 0.571. The number of hydrogen-bond donors (Lipinski definition) is 2. The lowest BCUT2D eigenvalue weighted by Gasteiger charge is -2.24. The molecule has 0 aliphatic heterocycles. The molecule has 0 saturated heterocycles. The van der Waals surface area contributed by atoms with Crippen molar-refractivity contribution in [1.29, 1.82) is 0 Å². The molecule has 0 radical (unpaired) electrons. The van der Waals surface area contributed by atoms with Gasteiger partial charge in [-0.2, -0.15) is 0 Å². The standard InChI is InChI=1S/C14H22O4/c1-10(14(16)8-15)11(2)18-9-12-4-6-13(17-3)7-5-12/h4-7,10-11,14-16H,8-9H2,1-3H3/t10-,11+,14+/m0/s1. The van der Waals surface area contributed by atoms with Crippen LogP contribution in [0.25, 0.3) is 0 Å². The number of hydrogen-bond acceptors (Lipinski definition) is 4. The Kier molecular flexibility index (Phi) is 6.12. The van der Waals surface area contributed by atoms with Crippen molar-refractivity contribution in [1.82, 2.24) is 0 Å². The van der Waals surface area contributed by atoms with Crippen LogP contribution in [0.3, 0.4) is 0 Å². The molecule has 0 heterocycles. The van der Waals surface area contributed by atoms with Crippen LogP contribution in [0.4, 0.5) is 0 Å². The van der Waals surface area contributed by atoms with Gasteiger partial charge in [0.15, 0.2) is 0 Å². The Bertz CT molecular complexity index is 336. The number of methoxy groups -OCH3 is 1. The fourth-order valence-corrected chi connectivity index (χ4v) is 1.58. The largest absolute Gasteiger partial charge is 0.497 e. The molecule has 2 N–H and O–H groups in total.